The van der Waals surface area contributed by atoms with Gasteiger partial charge in [-0.15, -0.1) is 0 Å². The molecule has 0 bridgehead atoms. The minimum Gasteiger partial charge on any atom is -0.488 e. The van der Waals surface area contributed by atoms with E-state index in [1.807, 2.05) is 27.9 Å². The van der Waals surface area contributed by atoms with Gasteiger partial charge >= 0.3 is 14.8 Å². The van der Waals surface area contributed by atoms with Crippen LogP contribution in [0.25, 0.3) is 0 Å². The minimum atomic E-state index is -2.53. The van der Waals surface area contributed by atoms with Gasteiger partial charge in [-0.05, 0) is 113 Å². The van der Waals surface area contributed by atoms with Gasteiger partial charge in [-0.3, -0.25) is 4.79 Å². The van der Waals surface area contributed by atoms with Gasteiger partial charge in [0.1, 0.15) is 11.4 Å². The second kappa shape index (κ2) is 22.7. The Morgan fingerprint density at radius 3 is 1.51 bits per heavy atom. The number of esters is 1. The van der Waals surface area contributed by atoms with Crippen LogP contribution in [0.5, 0.6) is 5.75 Å². The Kier molecular flexibility index (Phi) is 21.8. The van der Waals surface area contributed by atoms with E-state index in [1.54, 1.807) is 21.3 Å². The van der Waals surface area contributed by atoms with Crippen molar-refractivity contribution in [3.05, 3.63) is 59.7 Å². The maximum absolute atomic E-state index is 11.7. The lowest BCUT2D eigenvalue weighted by molar-refractivity contribution is -0.154. The van der Waals surface area contributed by atoms with Crippen molar-refractivity contribution in [2.45, 2.75) is 138 Å². The van der Waals surface area contributed by atoms with Crippen molar-refractivity contribution in [3.63, 3.8) is 0 Å². The first-order chi connectivity index (χ1) is 22.9. The third kappa shape index (κ3) is 16.7. The molecule has 0 spiro atoms. The average Bonchev–Trinajstić information content (AvgIpc) is 3.11. The lowest BCUT2D eigenvalue weighted by atomic mass is 9.91. The van der Waals surface area contributed by atoms with Gasteiger partial charge in [-0.2, -0.15) is 0 Å². The summed E-state index contributed by atoms with van der Waals surface area (Å²) in [5.41, 5.74) is 2.34. The highest BCUT2D eigenvalue weighted by atomic mass is 28.4. The van der Waals surface area contributed by atoms with Gasteiger partial charge in [0.15, 0.2) is 0 Å². The molecule has 0 aliphatic heterocycles. The van der Waals surface area contributed by atoms with Gasteiger partial charge in [0.2, 0.25) is 8.32 Å². The molecule has 9 heteroatoms. The Hall–Kier alpha value is -2.02. The van der Waals surface area contributed by atoms with Crippen LogP contribution in [0.4, 0.5) is 0 Å². The van der Waals surface area contributed by atoms with Crippen molar-refractivity contribution in [2.75, 3.05) is 35.0 Å². The topological polar surface area (TPSA) is 72.5 Å². The molecule has 2 rings (SSSR count). The highest BCUT2D eigenvalue weighted by molar-refractivity contribution is 6.84. The lowest BCUT2D eigenvalue weighted by Crippen LogP contribution is -2.43. The van der Waals surface area contributed by atoms with Crippen LogP contribution in [0.15, 0.2) is 48.5 Å². The first kappa shape index (κ1) is 47.0. The molecule has 0 fully saturated rings. The Morgan fingerprint density at radius 1 is 0.694 bits per heavy atom. The van der Waals surface area contributed by atoms with Crippen molar-refractivity contribution >= 4 is 28.3 Å². The Bertz CT molecular complexity index is 1150. The van der Waals surface area contributed by atoms with Crippen molar-refractivity contribution in [3.8, 4) is 5.75 Å². The molecular weight excluding hydrogens is 649 g/mol. The summed E-state index contributed by atoms with van der Waals surface area (Å²) >= 11 is 0. The maximum Gasteiger partial charge on any atom is 0.500 e. The number of rotatable bonds is 18. The summed E-state index contributed by atoms with van der Waals surface area (Å²) in [6.07, 6.45) is 4.83. The summed E-state index contributed by atoms with van der Waals surface area (Å²) in [7, 11) is 2.38. The minimum absolute atomic E-state index is 0.0715. The summed E-state index contributed by atoms with van der Waals surface area (Å²) in [4.78, 5) is 11.7. The van der Waals surface area contributed by atoms with E-state index < -0.39 is 22.5 Å². The van der Waals surface area contributed by atoms with Crippen molar-refractivity contribution < 1.29 is 32.0 Å². The third-order valence-electron chi connectivity index (χ3n) is 9.83. The number of carbonyl (C=O) groups excluding carboxylic acids is 1. The number of ether oxygens (including phenoxy) is 2. The summed E-state index contributed by atoms with van der Waals surface area (Å²) < 4.78 is 32.6. The summed E-state index contributed by atoms with van der Waals surface area (Å²) in [6.45, 7) is 25.9. The molecule has 0 saturated heterocycles. The smallest absolute Gasteiger partial charge is 0.488 e. The fourth-order valence-electron chi connectivity index (χ4n) is 4.41. The molecule has 0 aromatic heterocycles. The molecule has 2 unspecified atom stereocenters. The van der Waals surface area contributed by atoms with Gasteiger partial charge < -0.3 is 27.2 Å². The molecule has 0 N–H and O–H groups in total. The molecule has 2 aromatic rings. The molecule has 2 aromatic carbocycles. The standard InChI is InChI=1S/C15H24O.C13H22OSi.C12H26O5Si/c1-6-12(3)13-8-10-14(11-9-13)16-15(4,5)7-2;1-6-11(2)12-7-9-13(10-8-12)15(4,5)14-3;1-7-12(2,3)11(13)17-9-8-10-18(14-4,15-5)16-6/h8-12H,6-7H2,1-5H3;7-11H,6H2,1-5H3;7-10H2,1-6H3. The predicted octanol–water partition coefficient (Wildman–Crippen LogP) is 10.3. The molecule has 7 nitrogen and oxygen atoms in total. The van der Waals surface area contributed by atoms with E-state index in [1.165, 1.54) is 29.2 Å². The number of carbonyl (C=O) groups is 1. The van der Waals surface area contributed by atoms with Crippen LogP contribution in [0.3, 0.4) is 0 Å². The average molecular weight is 721 g/mol. The van der Waals surface area contributed by atoms with Gasteiger partial charge in [0.25, 0.3) is 0 Å². The van der Waals surface area contributed by atoms with E-state index in [2.05, 4.69) is 110 Å². The molecule has 0 saturated carbocycles. The zero-order valence-corrected chi connectivity index (χ0v) is 36.1. The second-order valence-electron chi connectivity index (χ2n) is 14.5. The first-order valence-electron chi connectivity index (χ1n) is 18.1. The number of hydrogen-bond acceptors (Lipinski definition) is 7. The van der Waals surface area contributed by atoms with Crippen LogP contribution in [0.1, 0.15) is 124 Å². The predicted molar refractivity (Wildman–Crippen MR) is 211 cm³/mol. The Balaban J connectivity index is 0.000000708. The number of benzene rings is 2. The molecular formula is C40H72O7Si2. The molecule has 0 aliphatic carbocycles. The van der Waals surface area contributed by atoms with Crippen LogP contribution in [-0.4, -0.2) is 63.7 Å². The largest absolute Gasteiger partial charge is 0.500 e. The van der Waals surface area contributed by atoms with E-state index in [0.29, 0.717) is 30.9 Å². The monoisotopic (exact) mass is 720 g/mol. The van der Waals surface area contributed by atoms with Gasteiger partial charge in [-0.25, -0.2) is 0 Å². The zero-order chi connectivity index (χ0) is 37.9. The van der Waals surface area contributed by atoms with E-state index in [0.717, 1.165) is 18.6 Å². The van der Waals surface area contributed by atoms with Crippen molar-refractivity contribution in [1.29, 1.82) is 0 Å². The summed E-state index contributed by atoms with van der Waals surface area (Å²) in [6, 6.07) is 18.1. The van der Waals surface area contributed by atoms with Crippen molar-refractivity contribution in [2.24, 2.45) is 5.41 Å². The van der Waals surface area contributed by atoms with Crippen LogP contribution < -0.4 is 9.92 Å². The van der Waals surface area contributed by atoms with Crippen LogP contribution in [0, 0.1) is 5.41 Å². The van der Waals surface area contributed by atoms with E-state index in [4.69, 9.17) is 27.2 Å². The third-order valence-corrected chi connectivity index (χ3v) is 15.4. The van der Waals surface area contributed by atoms with Crippen LogP contribution in [0.2, 0.25) is 19.1 Å². The van der Waals surface area contributed by atoms with Crippen molar-refractivity contribution in [1.82, 2.24) is 0 Å². The SMILES string of the molecule is CCC(C)(C)C(=O)OCCC[Si](OC)(OC)OC.CCC(C)c1ccc(OC(C)(C)CC)cc1.CCC(C)c1ccc([Si](C)(C)OC)cc1. The first-order valence-corrected chi connectivity index (χ1v) is 23.0. The molecule has 2 atom stereocenters. The quantitative estimate of drug-likeness (QED) is 0.0862. The highest BCUT2D eigenvalue weighted by Crippen LogP contribution is 2.25. The zero-order valence-electron chi connectivity index (χ0n) is 34.1. The summed E-state index contributed by atoms with van der Waals surface area (Å²) in [5.74, 6) is 2.10. The Labute approximate surface area is 303 Å². The van der Waals surface area contributed by atoms with E-state index >= 15 is 0 Å². The Morgan fingerprint density at radius 2 is 1.14 bits per heavy atom. The molecule has 0 aliphatic rings. The van der Waals surface area contributed by atoms with Gasteiger partial charge in [0, 0.05) is 34.5 Å². The molecule has 0 radical (unpaired) electrons. The molecule has 282 valence electrons. The maximum atomic E-state index is 11.7. The van der Waals surface area contributed by atoms with Gasteiger partial charge in [-0.1, -0.05) is 77.9 Å². The van der Waals surface area contributed by atoms with E-state index in [9.17, 15) is 4.79 Å². The summed E-state index contributed by atoms with van der Waals surface area (Å²) in [5, 5.41) is 1.37. The highest BCUT2D eigenvalue weighted by Gasteiger charge is 2.37. The van der Waals surface area contributed by atoms with Crippen LogP contribution in [-0.2, 0) is 27.2 Å². The van der Waals surface area contributed by atoms with E-state index in [-0.39, 0.29) is 11.6 Å². The second-order valence-corrected chi connectivity index (χ2v) is 21.6. The van der Waals surface area contributed by atoms with Crippen LogP contribution >= 0.6 is 0 Å². The fraction of sp³-hybridized carbons (Fsp3) is 0.675. The normalized spacial score (nSPS) is 13.3. The molecule has 0 heterocycles. The number of hydrogen-bond donors (Lipinski definition) is 0. The molecule has 0 amide bonds. The van der Waals surface area contributed by atoms with Gasteiger partial charge in [0.05, 0.1) is 12.0 Å². The molecule has 49 heavy (non-hydrogen) atoms. The fourth-order valence-corrected chi connectivity index (χ4v) is 7.30. The lowest BCUT2D eigenvalue weighted by Gasteiger charge is -2.25.